The van der Waals surface area contributed by atoms with Crippen LogP contribution in [-0.2, 0) is 17.8 Å². The molecule has 0 bridgehead atoms. The van der Waals surface area contributed by atoms with Gasteiger partial charge in [0.25, 0.3) is 0 Å². The number of methoxy groups -OCH3 is 1. The molecule has 4 heteroatoms. The second-order valence-corrected chi connectivity index (χ2v) is 4.75. The molecule has 1 unspecified atom stereocenters. The monoisotopic (exact) mass is 212 g/mol. The van der Waals surface area contributed by atoms with Crippen LogP contribution in [0.25, 0.3) is 0 Å². The lowest BCUT2D eigenvalue weighted by atomic mass is 9.98. The molecule has 0 fully saturated rings. The first-order valence-electron chi connectivity index (χ1n) is 5.00. The highest BCUT2D eigenvalue weighted by atomic mass is 32.1. The molecule has 3 nitrogen and oxygen atoms in total. The van der Waals surface area contributed by atoms with E-state index < -0.39 is 0 Å². The van der Waals surface area contributed by atoms with E-state index in [1.807, 2.05) is 7.05 Å². The van der Waals surface area contributed by atoms with Crippen molar-refractivity contribution in [2.24, 2.45) is 0 Å². The van der Waals surface area contributed by atoms with Crippen LogP contribution in [0.15, 0.2) is 0 Å². The lowest BCUT2D eigenvalue weighted by Gasteiger charge is -2.19. The van der Waals surface area contributed by atoms with E-state index in [1.54, 1.807) is 18.4 Å². The van der Waals surface area contributed by atoms with Crippen LogP contribution in [0, 0.1) is 0 Å². The molecule has 1 aromatic heterocycles. The highest BCUT2D eigenvalue weighted by Crippen LogP contribution is 2.33. The topological polar surface area (TPSA) is 34.1 Å². The normalized spacial score (nSPS) is 20.9. The summed E-state index contributed by atoms with van der Waals surface area (Å²) in [6, 6.07) is 0.459. The zero-order valence-electron chi connectivity index (χ0n) is 8.67. The third-order valence-corrected chi connectivity index (χ3v) is 3.72. The molecular formula is C10H16N2OS. The van der Waals surface area contributed by atoms with Crippen LogP contribution in [-0.4, -0.2) is 19.1 Å². The quantitative estimate of drug-likeness (QED) is 0.830. The largest absolute Gasteiger partial charge is 0.378 e. The van der Waals surface area contributed by atoms with Crippen molar-refractivity contribution in [1.29, 1.82) is 0 Å². The van der Waals surface area contributed by atoms with Gasteiger partial charge in [0.15, 0.2) is 0 Å². The number of hydrogen-bond donors (Lipinski definition) is 1. The van der Waals surface area contributed by atoms with Gasteiger partial charge in [0.05, 0.1) is 18.3 Å². The molecule has 0 spiro atoms. The maximum absolute atomic E-state index is 5.10. The SMILES string of the molecule is CNC1CCCc2sc(COC)nc21. The third-order valence-electron chi connectivity index (χ3n) is 2.61. The van der Waals surface area contributed by atoms with Gasteiger partial charge in [-0.1, -0.05) is 0 Å². The van der Waals surface area contributed by atoms with Crippen LogP contribution >= 0.6 is 11.3 Å². The Balaban J connectivity index is 2.24. The maximum atomic E-state index is 5.10. The van der Waals surface area contributed by atoms with Crippen molar-refractivity contribution in [1.82, 2.24) is 10.3 Å². The van der Waals surface area contributed by atoms with Crippen molar-refractivity contribution >= 4 is 11.3 Å². The van der Waals surface area contributed by atoms with E-state index in [-0.39, 0.29) is 0 Å². The number of thiazole rings is 1. The summed E-state index contributed by atoms with van der Waals surface area (Å²) in [6.45, 7) is 0.647. The van der Waals surface area contributed by atoms with Crippen molar-refractivity contribution in [3.05, 3.63) is 15.6 Å². The zero-order valence-corrected chi connectivity index (χ0v) is 9.49. The Hall–Kier alpha value is -0.450. The van der Waals surface area contributed by atoms with Crippen LogP contribution < -0.4 is 5.32 Å². The van der Waals surface area contributed by atoms with Crippen LogP contribution in [0.5, 0.6) is 0 Å². The van der Waals surface area contributed by atoms with E-state index >= 15 is 0 Å². The Labute approximate surface area is 88.5 Å². The van der Waals surface area contributed by atoms with Crippen LogP contribution in [0.1, 0.15) is 34.5 Å². The van der Waals surface area contributed by atoms with Crippen molar-refractivity contribution < 1.29 is 4.74 Å². The molecule has 1 atom stereocenters. The number of rotatable bonds is 3. The summed E-state index contributed by atoms with van der Waals surface area (Å²) in [5, 5.41) is 4.43. The van der Waals surface area contributed by atoms with E-state index in [0.29, 0.717) is 12.6 Å². The smallest absolute Gasteiger partial charge is 0.119 e. The Morgan fingerprint density at radius 1 is 1.64 bits per heavy atom. The lowest BCUT2D eigenvalue weighted by Crippen LogP contribution is -2.21. The number of fused-ring (bicyclic) bond motifs is 1. The number of nitrogens with one attached hydrogen (secondary N) is 1. The third kappa shape index (κ3) is 1.82. The fourth-order valence-electron chi connectivity index (χ4n) is 1.94. The first kappa shape index (κ1) is 10.1. The molecule has 0 saturated carbocycles. The molecule has 1 aliphatic rings. The van der Waals surface area contributed by atoms with E-state index in [0.717, 1.165) is 5.01 Å². The standard InChI is InChI=1S/C10H16N2OS/c1-11-7-4-3-5-8-10(7)12-9(14-8)6-13-2/h7,11H,3-6H2,1-2H3. The average Bonchev–Trinajstić information content (AvgIpc) is 2.60. The maximum Gasteiger partial charge on any atom is 0.119 e. The summed E-state index contributed by atoms with van der Waals surface area (Å²) in [6.07, 6.45) is 3.67. The summed E-state index contributed by atoms with van der Waals surface area (Å²) >= 11 is 1.80. The van der Waals surface area contributed by atoms with Crippen LogP contribution in [0.2, 0.25) is 0 Å². The molecule has 78 valence electrons. The Kier molecular flexibility index (Phi) is 3.15. The van der Waals surface area contributed by atoms with Gasteiger partial charge < -0.3 is 10.1 Å². The van der Waals surface area contributed by atoms with Crippen LogP contribution in [0.3, 0.4) is 0 Å². The first-order chi connectivity index (χ1) is 6.85. The molecule has 0 radical (unpaired) electrons. The fraction of sp³-hybridized carbons (Fsp3) is 0.700. The number of nitrogens with zero attached hydrogens (tertiary/aromatic N) is 1. The van der Waals surface area contributed by atoms with Gasteiger partial charge in [0.1, 0.15) is 5.01 Å². The van der Waals surface area contributed by atoms with E-state index in [4.69, 9.17) is 4.74 Å². The van der Waals surface area contributed by atoms with Crippen LogP contribution in [0.4, 0.5) is 0 Å². The van der Waals surface area contributed by atoms with Crippen molar-refractivity contribution in [3.8, 4) is 0 Å². The average molecular weight is 212 g/mol. The van der Waals surface area contributed by atoms with Gasteiger partial charge in [-0.15, -0.1) is 11.3 Å². The number of aromatic nitrogens is 1. The van der Waals surface area contributed by atoms with Crippen molar-refractivity contribution in [3.63, 3.8) is 0 Å². The molecule has 1 aliphatic carbocycles. The molecule has 0 aromatic carbocycles. The second kappa shape index (κ2) is 4.38. The Morgan fingerprint density at radius 3 is 3.21 bits per heavy atom. The molecular weight excluding hydrogens is 196 g/mol. The lowest BCUT2D eigenvalue weighted by molar-refractivity contribution is 0.184. The molecule has 1 aromatic rings. The first-order valence-corrected chi connectivity index (χ1v) is 5.81. The van der Waals surface area contributed by atoms with Gasteiger partial charge >= 0.3 is 0 Å². The molecule has 14 heavy (non-hydrogen) atoms. The summed E-state index contributed by atoms with van der Waals surface area (Å²) in [5.41, 5.74) is 1.26. The molecule has 1 heterocycles. The van der Waals surface area contributed by atoms with Crippen molar-refractivity contribution in [2.75, 3.05) is 14.2 Å². The summed E-state index contributed by atoms with van der Waals surface area (Å²) < 4.78 is 5.10. The van der Waals surface area contributed by atoms with E-state index in [1.165, 1.54) is 29.8 Å². The highest BCUT2D eigenvalue weighted by Gasteiger charge is 2.22. The Morgan fingerprint density at radius 2 is 2.50 bits per heavy atom. The van der Waals surface area contributed by atoms with E-state index in [2.05, 4.69) is 10.3 Å². The number of hydrogen-bond acceptors (Lipinski definition) is 4. The van der Waals surface area contributed by atoms with Gasteiger partial charge in [-0.05, 0) is 26.3 Å². The number of ether oxygens (including phenoxy) is 1. The highest BCUT2D eigenvalue weighted by molar-refractivity contribution is 7.11. The fourth-order valence-corrected chi connectivity index (χ4v) is 3.08. The van der Waals surface area contributed by atoms with Gasteiger partial charge in [-0.3, -0.25) is 0 Å². The molecule has 1 N–H and O–H groups in total. The minimum Gasteiger partial charge on any atom is -0.378 e. The molecule has 0 aliphatic heterocycles. The minimum atomic E-state index is 0.459. The van der Waals surface area contributed by atoms with E-state index in [9.17, 15) is 0 Å². The van der Waals surface area contributed by atoms with Gasteiger partial charge in [0.2, 0.25) is 0 Å². The Bertz CT molecular complexity index is 311. The summed E-state index contributed by atoms with van der Waals surface area (Å²) in [4.78, 5) is 6.07. The summed E-state index contributed by atoms with van der Waals surface area (Å²) in [7, 11) is 3.73. The van der Waals surface area contributed by atoms with Crippen molar-refractivity contribution in [2.45, 2.75) is 31.9 Å². The van der Waals surface area contributed by atoms with Gasteiger partial charge in [0, 0.05) is 12.0 Å². The molecule has 0 amide bonds. The number of aryl methyl sites for hydroxylation is 1. The van der Waals surface area contributed by atoms with Gasteiger partial charge in [-0.25, -0.2) is 4.98 Å². The minimum absolute atomic E-state index is 0.459. The predicted octanol–water partition coefficient (Wildman–Crippen LogP) is 1.89. The molecule has 2 rings (SSSR count). The zero-order chi connectivity index (χ0) is 9.97. The van der Waals surface area contributed by atoms with Gasteiger partial charge in [-0.2, -0.15) is 0 Å². The second-order valence-electron chi connectivity index (χ2n) is 3.58. The summed E-state index contributed by atoms with van der Waals surface area (Å²) in [5.74, 6) is 0. The predicted molar refractivity (Wildman–Crippen MR) is 57.6 cm³/mol. The molecule has 0 saturated heterocycles.